The molecule has 0 unspecified atom stereocenters. The van der Waals surface area contributed by atoms with Gasteiger partial charge in [-0.05, 0) is 91.3 Å². The van der Waals surface area contributed by atoms with Gasteiger partial charge in [-0.2, -0.15) is 0 Å². The van der Waals surface area contributed by atoms with Gasteiger partial charge in [0.25, 0.3) is 0 Å². The second kappa shape index (κ2) is 12.6. The van der Waals surface area contributed by atoms with Crippen LogP contribution >= 0.6 is 0 Å². The highest BCUT2D eigenvalue weighted by atomic mass is 15.0. The van der Waals surface area contributed by atoms with Crippen LogP contribution in [0.4, 0.5) is 0 Å². The summed E-state index contributed by atoms with van der Waals surface area (Å²) in [4.78, 5) is 5.52. The minimum atomic E-state index is -0.496. The summed E-state index contributed by atoms with van der Waals surface area (Å²) >= 11 is 0. The zero-order valence-corrected chi connectivity index (χ0v) is 32.7. The average molecular weight is 761 g/mol. The van der Waals surface area contributed by atoms with Crippen molar-refractivity contribution >= 4 is 65.0 Å². The summed E-state index contributed by atoms with van der Waals surface area (Å²) in [6.45, 7) is 0. The molecule has 0 aliphatic heterocycles. The maximum Gasteiger partial charge on any atom is 0.0795 e. The fourth-order valence-corrected chi connectivity index (χ4v) is 10.8. The van der Waals surface area contributed by atoms with Crippen molar-refractivity contribution < 1.29 is 0 Å². The van der Waals surface area contributed by atoms with Crippen molar-refractivity contribution in [2.45, 2.75) is 5.41 Å². The van der Waals surface area contributed by atoms with Crippen molar-refractivity contribution in [2.75, 3.05) is 0 Å². The summed E-state index contributed by atoms with van der Waals surface area (Å²) in [5.41, 5.74) is 13.8. The third-order valence-electron chi connectivity index (χ3n) is 13.2. The van der Waals surface area contributed by atoms with Crippen molar-refractivity contribution in [1.82, 2.24) is 9.55 Å². The van der Waals surface area contributed by atoms with E-state index in [0.717, 1.165) is 22.5 Å². The molecular weight excluding hydrogens is 725 g/mol. The van der Waals surface area contributed by atoms with Crippen molar-refractivity contribution in [1.29, 1.82) is 0 Å². The largest absolute Gasteiger partial charge is 0.309 e. The number of rotatable bonds is 4. The molecule has 2 nitrogen and oxygen atoms in total. The molecule has 2 aromatic heterocycles. The number of hydrogen-bond donors (Lipinski definition) is 0. The van der Waals surface area contributed by atoms with E-state index in [1.165, 1.54) is 92.9 Å². The van der Waals surface area contributed by atoms with Gasteiger partial charge in [0.2, 0.25) is 0 Å². The molecule has 1 aliphatic carbocycles. The predicted molar refractivity (Wildman–Crippen MR) is 251 cm³/mol. The molecule has 13 rings (SSSR count). The van der Waals surface area contributed by atoms with E-state index in [0.29, 0.717) is 0 Å². The summed E-state index contributed by atoms with van der Waals surface area (Å²) in [6.07, 6.45) is 0. The maximum absolute atomic E-state index is 5.52. The van der Waals surface area contributed by atoms with Crippen LogP contribution in [0.5, 0.6) is 0 Å². The summed E-state index contributed by atoms with van der Waals surface area (Å²) in [7, 11) is 0. The van der Waals surface area contributed by atoms with Crippen LogP contribution in [0.15, 0.2) is 218 Å². The SMILES string of the molecule is c1ccc(C2(c3ccccc3)c3ccccc3-c3cc4c5ccccc5n(-c5cccc(-c6nc7ccccc7c7c8ccccc8c8ccccc8c67)c5)c4cc32)cc1. The average Bonchev–Trinajstić information content (AvgIpc) is 3.81. The molecule has 10 aromatic carbocycles. The summed E-state index contributed by atoms with van der Waals surface area (Å²) in [6, 6.07) is 80.4. The van der Waals surface area contributed by atoms with Crippen LogP contribution in [0.25, 0.3) is 93.1 Å². The molecule has 60 heavy (non-hydrogen) atoms. The Morgan fingerprint density at radius 3 is 1.67 bits per heavy atom. The first-order valence-corrected chi connectivity index (χ1v) is 20.8. The molecule has 0 saturated heterocycles. The zero-order valence-electron chi connectivity index (χ0n) is 32.7. The number of fused-ring (bicyclic) bond motifs is 14. The van der Waals surface area contributed by atoms with Crippen molar-refractivity contribution in [3.8, 4) is 28.1 Å². The molecule has 2 heterocycles. The Labute approximate surface area is 347 Å². The molecule has 0 N–H and O–H groups in total. The van der Waals surface area contributed by atoms with E-state index in [1.807, 2.05) is 0 Å². The van der Waals surface area contributed by atoms with Crippen molar-refractivity contribution in [3.63, 3.8) is 0 Å². The number of benzene rings is 10. The Morgan fingerprint density at radius 2 is 0.933 bits per heavy atom. The molecular formula is C58H36N2. The van der Waals surface area contributed by atoms with Gasteiger partial charge < -0.3 is 4.57 Å². The Hall–Kier alpha value is -7.81. The van der Waals surface area contributed by atoms with Gasteiger partial charge in [-0.1, -0.05) is 182 Å². The monoisotopic (exact) mass is 760 g/mol. The van der Waals surface area contributed by atoms with E-state index in [4.69, 9.17) is 4.98 Å². The molecule has 0 atom stereocenters. The van der Waals surface area contributed by atoms with E-state index >= 15 is 0 Å². The lowest BCUT2D eigenvalue weighted by Gasteiger charge is -2.34. The van der Waals surface area contributed by atoms with Gasteiger partial charge >= 0.3 is 0 Å². The number of pyridine rings is 1. The lowest BCUT2D eigenvalue weighted by atomic mass is 9.67. The van der Waals surface area contributed by atoms with E-state index in [1.54, 1.807) is 0 Å². The third kappa shape index (κ3) is 4.45. The lowest BCUT2D eigenvalue weighted by Crippen LogP contribution is -2.28. The van der Waals surface area contributed by atoms with Crippen LogP contribution in [0, 0.1) is 0 Å². The molecule has 0 spiro atoms. The molecule has 278 valence electrons. The minimum absolute atomic E-state index is 0.496. The molecule has 12 aromatic rings. The highest BCUT2D eigenvalue weighted by molar-refractivity contribution is 6.33. The van der Waals surface area contributed by atoms with Gasteiger partial charge in [-0.15, -0.1) is 0 Å². The summed E-state index contributed by atoms with van der Waals surface area (Å²) < 4.78 is 2.48. The molecule has 0 radical (unpaired) electrons. The van der Waals surface area contributed by atoms with Crippen molar-refractivity contribution in [2.24, 2.45) is 0 Å². The van der Waals surface area contributed by atoms with Crippen LogP contribution < -0.4 is 0 Å². The predicted octanol–water partition coefficient (Wildman–Crippen LogP) is 14.8. The normalized spacial score (nSPS) is 13.1. The van der Waals surface area contributed by atoms with Crippen LogP contribution in [0.3, 0.4) is 0 Å². The van der Waals surface area contributed by atoms with E-state index < -0.39 is 5.41 Å². The quantitative estimate of drug-likeness (QED) is 0.163. The summed E-state index contributed by atoms with van der Waals surface area (Å²) in [5.74, 6) is 0. The first-order valence-electron chi connectivity index (χ1n) is 20.8. The van der Waals surface area contributed by atoms with Crippen LogP contribution in [-0.4, -0.2) is 9.55 Å². The van der Waals surface area contributed by atoms with Crippen LogP contribution in [0.2, 0.25) is 0 Å². The second-order valence-corrected chi connectivity index (χ2v) is 16.2. The van der Waals surface area contributed by atoms with Crippen LogP contribution in [0.1, 0.15) is 22.3 Å². The Kier molecular flexibility index (Phi) is 6.97. The maximum atomic E-state index is 5.52. The van der Waals surface area contributed by atoms with Gasteiger partial charge in [0.05, 0.1) is 27.7 Å². The number of para-hydroxylation sites is 2. The molecule has 2 heteroatoms. The highest BCUT2D eigenvalue weighted by Crippen LogP contribution is 2.57. The third-order valence-corrected chi connectivity index (χ3v) is 13.2. The van der Waals surface area contributed by atoms with Gasteiger partial charge in [-0.3, -0.25) is 0 Å². The first kappa shape index (κ1) is 33.2. The molecule has 0 saturated carbocycles. The van der Waals surface area contributed by atoms with Gasteiger partial charge in [0.1, 0.15) is 0 Å². The molecule has 0 amide bonds. The van der Waals surface area contributed by atoms with Gasteiger partial charge in [0.15, 0.2) is 0 Å². The first-order chi connectivity index (χ1) is 29.8. The number of aromatic nitrogens is 2. The zero-order chi connectivity index (χ0) is 39.4. The smallest absolute Gasteiger partial charge is 0.0795 e. The topological polar surface area (TPSA) is 17.8 Å². The second-order valence-electron chi connectivity index (χ2n) is 16.2. The number of nitrogens with zero attached hydrogens (tertiary/aromatic N) is 2. The molecule has 1 aliphatic rings. The van der Waals surface area contributed by atoms with Gasteiger partial charge in [0, 0.05) is 38.2 Å². The van der Waals surface area contributed by atoms with Crippen molar-refractivity contribution in [3.05, 3.63) is 241 Å². The Morgan fingerprint density at radius 1 is 0.350 bits per heavy atom. The fraction of sp³-hybridized carbons (Fsp3) is 0.0172. The van der Waals surface area contributed by atoms with E-state index in [9.17, 15) is 0 Å². The fourth-order valence-electron chi connectivity index (χ4n) is 10.8. The standard InChI is InChI=1S/C58H36N2/c1-3-19-38(20-4-1)58(39-21-5-2-6-22-39)50-31-14-11-26-43(50)48-35-49-44-27-13-16-33-53(44)60(54(49)36-51(48)58)40-23-17-18-37(34-40)57-56-46-29-10-8-25-42(46)41-24-7-9-28-45(41)55(56)47-30-12-15-32-52(47)59-57/h1-36H. The van der Waals surface area contributed by atoms with E-state index in [-0.39, 0.29) is 0 Å². The van der Waals surface area contributed by atoms with Crippen LogP contribution in [-0.2, 0) is 5.41 Å². The highest BCUT2D eigenvalue weighted by Gasteiger charge is 2.46. The molecule has 0 bridgehead atoms. The minimum Gasteiger partial charge on any atom is -0.309 e. The Bertz CT molecular complexity index is 3670. The lowest BCUT2D eigenvalue weighted by molar-refractivity contribution is 0.769. The van der Waals surface area contributed by atoms with E-state index in [2.05, 4.69) is 223 Å². The van der Waals surface area contributed by atoms with Gasteiger partial charge in [-0.25, -0.2) is 4.98 Å². The number of hydrogen-bond acceptors (Lipinski definition) is 1. The summed E-state index contributed by atoms with van der Waals surface area (Å²) in [5, 5.41) is 11.1. The Balaban J connectivity index is 1.13. The molecule has 0 fully saturated rings.